The van der Waals surface area contributed by atoms with E-state index in [1.54, 1.807) is 24.3 Å². The minimum Gasteiger partial charge on any atom is -0.485 e. The van der Waals surface area contributed by atoms with Crippen molar-refractivity contribution in [2.24, 2.45) is 0 Å². The predicted octanol–water partition coefficient (Wildman–Crippen LogP) is 3.38. The van der Waals surface area contributed by atoms with Crippen LogP contribution in [0.2, 0.25) is 0 Å². The standard InChI is InChI=1S/C21H27N3O2/c1-21(2,19-9-5-6-12-24-19)26-18-8-4-3-7-15(18)20(25)14-10-11-16(22)17(23)13-14/h3-4,7-8,10-11,13,19,24H,5-6,9,12,22-23H2,1-2H3. The summed E-state index contributed by atoms with van der Waals surface area (Å²) < 4.78 is 6.33. The lowest BCUT2D eigenvalue weighted by molar-refractivity contribution is 0.0519. The van der Waals surface area contributed by atoms with Crippen molar-refractivity contribution in [3.63, 3.8) is 0 Å². The number of para-hydroxylation sites is 1. The first kappa shape index (κ1) is 18.3. The molecule has 0 aromatic heterocycles. The lowest BCUT2D eigenvalue weighted by atomic mass is 9.90. The van der Waals surface area contributed by atoms with Gasteiger partial charge in [0.2, 0.25) is 0 Å². The molecular weight excluding hydrogens is 326 g/mol. The highest BCUT2D eigenvalue weighted by Crippen LogP contribution is 2.30. The minimum absolute atomic E-state index is 0.125. The highest BCUT2D eigenvalue weighted by Gasteiger charge is 2.33. The van der Waals surface area contributed by atoms with Gasteiger partial charge in [0.1, 0.15) is 11.4 Å². The van der Waals surface area contributed by atoms with Gasteiger partial charge in [-0.2, -0.15) is 0 Å². The molecule has 5 nitrogen and oxygen atoms in total. The van der Waals surface area contributed by atoms with E-state index >= 15 is 0 Å². The number of nitrogen functional groups attached to an aromatic ring is 2. The molecule has 0 amide bonds. The van der Waals surface area contributed by atoms with Gasteiger partial charge in [0.05, 0.1) is 16.9 Å². The molecule has 2 aromatic rings. The van der Waals surface area contributed by atoms with Crippen molar-refractivity contribution in [1.29, 1.82) is 0 Å². The fourth-order valence-corrected chi connectivity index (χ4v) is 3.41. The Morgan fingerprint density at radius 2 is 1.88 bits per heavy atom. The van der Waals surface area contributed by atoms with E-state index in [9.17, 15) is 4.79 Å². The van der Waals surface area contributed by atoms with Crippen molar-refractivity contribution in [2.75, 3.05) is 18.0 Å². The molecule has 0 spiro atoms. The van der Waals surface area contributed by atoms with Gasteiger partial charge >= 0.3 is 0 Å². The van der Waals surface area contributed by atoms with Crippen LogP contribution in [-0.2, 0) is 0 Å². The maximum Gasteiger partial charge on any atom is 0.196 e. The summed E-state index contributed by atoms with van der Waals surface area (Å²) in [6.07, 6.45) is 3.45. The number of hydrogen-bond donors (Lipinski definition) is 3. The molecule has 0 bridgehead atoms. The topological polar surface area (TPSA) is 90.4 Å². The second-order valence-electron chi connectivity index (χ2n) is 7.38. The number of rotatable bonds is 5. The van der Waals surface area contributed by atoms with E-state index in [0.29, 0.717) is 28.3 Å². The first-order valence-electron chi connectivity index (χ1n) is 9.09. The summed E-state index contributed by atoms with van der Waals surface area (Å²) >= 11 is 0. The van der Waals surface area contributed by atoms with Gasteiger partial charge in [0, 0.05) is 11.6 Å². The molecule has 1 fully saturated rings. The molecule has 1 aliphatic heterocycles. The second-order valence-corrected chi connectivity index (χ2v) is 7.38. The summed E-state index contributed by atoms with van der Waals surface area (Å²) in [6, 6.07) is 12.6. The number of ketones is 1. The number of anilines is 2. The van der Waals surface area contributed by atoms with Gasteiger partial charge in [-0.3, -0.25) is 4.79 Å². The van der Waals surface area contributed by atoms with E-state index in [0.717, 1.165) is 13.0 Å². The van der Waals surface area contributed by atoms with Crippen molar-refractivity contribution < 1.29 is 9.53 Å². The Kier molecular flexibility index (Phi) is 5.18. The molecule has 2 aromatic carbocycles. The van der Waals surface area contributed by atoms with E-state index in [1.165, 1.54) is 12.8 Å². The van der Waals surface area contributed by atoms with Crippen LogP contribution in [0.1, 0.15) is 49.0 Å². The predicted molar refractivity (Wildman–Crippen MR) is 105 cm³/mol. The second kappa shape index (κ2) is 7.38. The number of carbonyl (C=O) groups is 1. The average molecular weight is 353 g/mol. The van der Waals surface area contributed by atoms with Gasteiger partial charge in [-0.25, -0.2) is 0 Å². The Morgan fingerprint density at radius 1 is 1.12 bits per heavy atom. The van der Waals surface area contributed by atoms with Crippen molar-refractivity contribution in [1.82, 2.24) is 5.32 Å². The third kappa shape index (κ3) is 3.83. The van der Waals surface area contributed by atoms with Crippen LogP contribution >= 0.6 is 0 Å². The van der Waals surface area contributed by atoms with Crippen LogP contribution in [-0.4, -0.2) is 24.0 Å². The SMILES string of the molecule is CC(C)(Oc1ccccc1C(=O)c1ccc(N)c(N)c1)C1CCCCN1. The lowest BCUT2D eigenvalue weighted by Crippen LogP contribution is -2.52. The molecule has 3 rings (SSSR count). The van der Waals surface area contributed by atoms with Gasteiger partial charge in [0.15, 0.2) is 5.78 Å². The van der Waals surface area contributed by atoms with Gasteiger partial charge in [-0.05, 0) is 63.6 Å². The maximum atomic E-state index is 13.0. The maximum absolute atomic E-state index is 13.0. The molecule has 0 saturated carbocycles. The molecule has 138 valence electrons. The zero-order chi connectivity index (χ0) is 18.7. The van der Waals surface area contributed by atoms with Gasteiger partial charge < -0.3 is 21.5 Å². The van der Waals surface area contributed by atoms with Crippen LogP contribution in [0.25, 0.3) is 0 Å². The summed E-state index contributed by atoms with van der Waals surface area (Å²) in [5.74, 6) is 0.463. The first-order chi connectivity index (χ1) is 12.4. The molecule has 1 unspecified atom stereocenters. The highest BCUT2D eigenvalue weighted by atomic mass is 16.5. The molecule has 26 heavy (non-hydrogen) atoms. The Bertz CT molecular complexity index is 796. The van der Waals surface area contributed by atoms with E-state index in [2.05, 4.69) is 19.2 Å². The highest BCUT2D eigenvalue weighted by molar-refractivity contribution is 6.11. The zero-order valence-electron chi connectivity index (χ0n) is 15.4. The molecule has 1 aliphatic rings. The molecule has 0 aliphatic carbocycles. The number of ether oxygens (including phenoxy) is 1. The van der Waals surface area contributed by atoms with Crippen LogP contribution in [0, 0.1) is 0 Å². The van der Waals surface area contributed by atoms with E-state index in [-0.39, 0.29) is 11.8 Å². The van der Waals surface area contributed by atoms with Crippen LogP contribution < -0.4 is 21.5 Å². The number of piperidine rings is 1. The number of nitrogens with two attached hydrogens (primary N) is 2. The Hall–Kier alpha value is -2.53. The van der Waals surface area contributed by atoms with Crippen molar-refractivity contribution in [3.8, 4) is 5.75 Å². The molecule has 1 atom stereocenters. The molecule has 5 N–H and O–H groups in total. The van der Waals surface area contributed by atoms with E-state index in [4.69, 9.17) is 16.2 Å². The molecular formula is C21H27N3O2. The summed E-state index contributed by atoms with van der Waals surface area (Å²) in [6.45, 7) is 5.14. The summed E-state index contributed by atoms with van der Waals surface area (Å²) in [4.78, 5) is 13.0. The third-order valence-corrected chi connectivity index (χ3v) is 5.00. The summed E-state index contributed by atoms with van der Waals surface area (Å²) in [7, 11) is 0. The van der Waals surface area contributed by atoms with Crippen molar-refractivity contribution in [3.05, 3.63) is 53.6 Å². The molecule has 1 saturated heterocycles. The largest absolute Gasteiger partial charge is 0.485 e. The fraction of sp³-hybridized carbons (Fsp3) is 0.381. The lowest BCUT2D eigenvalue weighted by Gasteiger charge is -2.38. The van der Waals surface area contributed by atoms with Gasteiger partial charge in [-0.15, -0.1) is 0 Å². The number of hydrogen-bond acceptors (Lipinski definition) is 5. The van der Waals surface area contributed by atoms with Crippen LogP contribution in [0.4, 0.5) is 11.4 Å². The Balaban J connectivity index is 1.87. The number of carbonyl (C=O) groups excluding carboxylic acids is 1. The molecule has 0 radical (unpaired) electrons. The van der Waals surface area contributed by atoms with Crippen molar-refractivity contribution in [2.45, 2.75) is 44.8 Å². The number of nitrogens with one attached hydrogen (secondary N) is 1. The molecule has 1 heterocycles. The zero-order valence-corrected chi connectivity index (χ0v) is 15.4. The normalized spacial score (nSPS) is 17.7. The fourth-order valence-electron chi connectivity index (χ4n) is 3.41. The van der Waals surface area contributed by atoms with E-state index < -0.39 is 5.60 Å². The Morgan fingerprint density at radius 3 is 2.58 bits per heavy atom. The number of benzene rings is 2. The first-order valence-corrected chi connectivity index (χ1v) is 9.09. The Labute approximate surface area is 154 Å². The average Bonchev–Trinajstić information content (AvgIpc) is 2.64. The van der Waals surface area contributed by atoms with Gasteiger partial charge in [-0.1, -0.05) is 18.6 Å². The minimum atomic E-state index is -0.420. The summed E-state index contributed by atoms with van der Waals surface area (Å²) in [5, 5.41) is 3.53. The monoisotopic (exact) mass is 353 g/mol. The van der Waals surface area contributed by atoms with E-state index in [1.807, 2.05) is 18.2 Å². The molecule has 5 heteroatoms. The third-order valence-electron chi connectivity index (χ3n) is 5.00. The smallest absolute Gasteiger partial charge is 0.196 e. The van der Waals surface area contributed by atoms with Crippen molar-refractivity contribution >= 4 is 17.2 Å². The summed E-state index contributed by atoms with van der Waals surface area (Å²) in [5.41, 5.74) is 13.1. The quantitative estimate of drug-likeness (QED) is 0.566. The van der Waals surface area contributed by atoms with Gasteiger partial charge in [0.25, 0.3) is 0 Å². The van der Waals surface area contributed by atoms with Crippen LogP contribution in [0.5, 0.6) is 5.75 Å². The van der Waals surface area contributed by atoms with Crippen LogP contribution in [0.3, 0.4) is 0 Å². The van der Waals surface area contributed by atoms with Crippen LogP contribution in [0.15, 0.2) is 42.5 Å².